The highest BCUT2D eigenvalue weighted by Crippen LogP contribution is 2.27. The summed E-state index contributed by atoms with van der Waals surface area (Å²) in [4.78, 5) is 6.95. The summed E-state index contributed by atoms with van der Waals surface area (Å²) in [5.74, 6) is 0. The zero-order valence-electron chi connectivity index (χ0n) is 13.9. The molecule has 124 valence electrons. The highest BCUT2D eigenvalue weighted by Gasteiger charge is 2.31. The van der Waals surface area contributed by atoms with E-state index in [1.165, 1.54) is 4.31 Å². The first-order chi connectivity index (χ1) is 10.9. The Labute approximate surface area is 138 Å². The minimum absolute atomic E-state index is 0.0128. The Morgan fingerprint density at radius 3 is 2.78 bits per heavy atom. The number of hydrogen-bond acceptors (Lipinski definition) is 4. The van der Waals surface area contributed by atoms with Crippen molar-refractivity contribution in [1.82, 2.24) is 14.2 Å². The number of benzene rings is 1. The molecule has 1 aliphatic rings. The van der Waals surface area contributed by atoms with Gasteiger partial charge >= 0.3 is 0 Å². The number of hydrogen-bond donors (Lipinski definition) is 0. The molecule has 0 unspecified atom stereocenters. The number of pyridine rings is 1. The summed E-state index contributed by atoms with van der Waals surface area (Å²) < 4.78 is 27.8. The molecule has 1 aliphatic heterocycles. The lowest BCUT2D eigenvalue weighted by Crippen LogP contribution is -2.47. The molecule has 1 fully saturated rings. The molecule has 2 heterocycles. The smallest absolute Gasteiger partial charge is 0.245 e. The summed E-state index contributed by atoms with van der Waals surface area (Å²) >= 11 is 0. The molecular formula is C17H23N3O2S. The second-order valence-electron chi connectivity index (χ2n) is 6.36. The normalized spacial score (nSPS) is 20.3. The van der Waals surface area contributed by atoms with Gasteiger partial charge in [-0.15, -0.1) is 0 Å². The molecule has 0 radical (unpaired) electrons. The van der Waals surface area contributed by atoms with Crippen LogP contribution in [0.3, 0.4) is 0 Å². The number of para-hydroxylation sites is 1. The number of sulfonamides is 1. The van der Waals surface area contributed by atoms with E-state index < -0.39 is 10.0 Å². The molecule has 2 aromatic rings. The number of aryl methyl sites for hydroxylation is 1. The molecule has 0 aliphatic carbocycles. The molecule has 1 aromatic carbocycles. The molecule has 0 spiro atoms. The zero-order chi connectivity index (χ0) is 16.6. The van der Waals surface area contributed by atoms with Crippen LogP contribution in [0.15, 0.2) is 35.2 Å². The number of nitrogens with zero attached hydrogens (tertiary/aromatic N) is 3. The van der Waals surface area contributed by atoms with Crippen LogP contribution in [0.1, 0.15) is 18.5 Å². The number of likely N-dealkylation sites (N-methyl/N-ethyl adjacent to an activating group) is 2. The summed E-state index contributed by atoms with van der Waals surface area (Å²) in [5, 5.41) is 0.853. The molecule has 23 heavy (non-hydrogen) atoms. The second kappa shape index (κ2) is 6.19. The van der Waals surface area contributed by atoms with E-state index in [2.05, 4.69) is 9.88 Å². The molecule has 0 saturated carbocycles. The van der Waals surface area contributed by atoms with Gasteiger partial charge in [0.25, 0.3) is 0 Å². The van der Waals surface area contributed by atoms with Crippen molar-refractivity contribution in [2.45, 2.75) is 30.7 Å². The summed E-state index contributed by atoms with van der Waals surface area (Å²) in [7, 11) is 0.164. The Balaban J connectivity index is 2.04. The molecule has 0 N–H and O–H groups in total. The highest BCUT2D eigenvalue weighted by atomic mass is 32.2. The van der Waals surface area contributed by atoms with E-state index in [-0.39, 0.29) is 6.04 Å². The predicted octanol–water partition coefficient (Wildman–Crippen LogP) is 2.26. The van der Waals surface area contributed by atoms with Gasteiger partial charge in [0, 0.05) is 30.7 Å². The standard InChI is InChI=1S/C17H23N3O2S/c1-13-9-10-14-6-4-8-16(17(14)18-13)23(21,22)20(3)15-7-5-11-19(2)12-15/h4,6,8-10,15H,5,7,11-12H2,1-3H3/t15-/m1/s1. The van der Waals surface area contributed by atoms with Crippen molar-refractivity contribution in [1.29, 1.82) is 0 Å². The molecule has 1 saturated heterocycles. The first-order valence-electron chi connectivity index (χ1n) is 7.92. The van der Waals surface area contributed by atoms with Gasteiger partial charge in [-0.3, -0.25) is 4.98 Å². The number of likely N-dealkylation sites (tertiary alicyclic amines) is 1. The van der Waals surface area contributed by atoms with Crippen LogP contribution in [0.25, 0.3) is 10.9 Å². The maximum atomic E-state index is 13.1. The van der Waals surface area contributed by atoms with Gasteiger partial charge in [0.05, 0.1) is 5.52 Å². The van der Waals surface area contributed by atoms with Crippen LogP contribution >= 0.6 is 0 Å². The highest BCUT2D eigenvalue weighted by molar-refractivity contribution is 7.89. The van der Waals surface area contributed by atoms with Crippen LogP contribution in [0.4, 0.5) is 0 Å². The summed E-state index contributed by atoms with van der Waals surface area (Å²) in [5.41, 5.74) is 1.38. The van der Waals surface area contributed by atoms with Gasteiger partial charge in [0.2, 0.25) is 10.0 Å². The molecule has 1 atom stereocenters. The van der Waals surface area contributed by atoms with E-state index in [0.717, 1.165) is 37.0 Å². The Morgan fingerprint density at radius 2 is 2.04 bits per heavy atom. The zero-order valence-corrected chi connectivity index (χ0v) is 14.7. The maximum absolute atomic E-state index is 13.1. The SMILES string of the molecule is Cc1ccc2cccc(S(=O)(=O)N(C)[C@@H]3CCCN(C)C3)c2n1. The molecule has 3 rings (SSSR count). The minimum atomic E-state index is -3.56. The fourth-order valence-electron chi connectivity index (χ4n) is 3.21. The molecule has 1 aromatic heterocycles. The largest absolute Gasteiger partial charge is 0.305 e. The fraction of sp³-hybridized carbons (Fsp3) is 0.471. The van der Waals surface area contributed by atoms with Crippen molar-refractivity contribution in [3.63, 3.8) is 0 Å². The van der Waals surface area contributed by atoms with Gasteiger partial charge in [-0.05, 0) is 45.5 Å². The van der Waals surface area contributed by atoms with Crippen molar-refractivity contribution in [2.75, 3.05) is 27.2 Å². The lowest BCUT2D eigenvalue weighted by Gasteiger charge is -2.35. The third kappa shape index (κ3) is 3.11. The topological polar surface area (TPSA) is 53.5 Å². The summed E-state index contributed by atoms with van der Waals surface area (Å²) in [6, 6.07) is 9.18. The summed E-state index contributed by atoms with van der Waals surface area (Å²) in [6.07, 6.45) is 1.92. The Morgan fingerprint density at radius 1 is 1.26 bits per heavy atom. The maximum Gasteiger partial charge on any atom is 0.245 e. The number of rotatable bonds is 3. The third-order valence-corrected chi connectivity index (χ3v) is 6.53. The van der Waals surface area contributed by atoms with Crippen LogP contribution in [-0.4, -0.2) is 55.8 Å². The predicted molar refractivity (Wildman–Crippen MR) is 91.9 cm³/mol. The fourth-order valence-corrected chi connectivity index (χ4v) is 4.75. The van der Waals surface area contributed by atoms with Gasteiger partial charge < -0.3 is 4.90 Å². The van der Waals surface area contributed by atoms with Crippen LogP contribution in [0.2, 0.25) is 0 Å². The van der Waals surface area contributed by atoms with Gasteiger partial charge in [0.15, 0.2) is 0 Å². The molecule has 0 bridgehead atoms. The average Bonchev–Trinajstić information content (AvgIpc) is 2.53. The number of aromatic nitrogens is 1. The van der Waals surface area contributed by atoms with Crippen molar-refractivity contribution in [2.24, 2.45) is 0 Å². The molecular weight excluding hydrogens is 310 g/mol. The lowest BCUT2D eigenvalue weighted by molar-refractivity contribution is 0.187. The van der Waals surface area contributed by atoms with Gasteiger partial charge in [-0.2, -0.15) is 4.31 Å². The van der Waals surface area contributed by atoms with E-state index in [1.807, 2.05) is 32.2 Å². The monoisotopic (exact) mass is 333 g/mol. The van der Waals surface area contributed by atoms with Crippen molar-refractivity contribution < 1.29 is 8.42 Å². The van der Waals surface area contributed by atoms with Gasteiger partial charge in [0.1, 0.15) is 4.90 Å². The first-order valence-corrected chi connectivity index (χ1v) is 9.36. The lowest BCUT2D eigenvalue weighted by atomic mass is 10.1. The molecule has 6 heteroatoms. The number of fused-ring (bicyclic) bond motifs is 1. The quantitative estimate of drug-likeness (QED) is 0.864. The Hall–Kier alpha value is -1.50. The second-order valence-corrected chi connectivity index (χ2v) is 8.33. The van der Waals surface area contributed by atoms with Crippen LogP contribution < -0.4 is 0 Å². The van der Waals surface area contributed by atoms with Crippen LogP contribution in [0, 0.1) is 6.92 Å². The summed E-state index contributed by atoms with van der Waals surface area (Å²) in [6.45, 7) is 3.68. The van der Waals surface area contributed by atoms with E-state index in [1.54, 1.807) is 19.2 Å². The van der Waals surface area contributed by atoms with Crippen molar-refractivity contribution >= 4 is 20.9 Å². The van der Waals surface area contributed by atoms with E-state index in [9.17, 15) is 8.42 Å². The van der Waals surface area contributed by atoms with Crippen molar-refractivity contribution in [3.8, 4) is 0 Å². The minimum Gasteiger partial charge on any atom is -0.305 e. The number of piperidine rings is 1. The Kier molecular flexibility index (Phi) is 4.40. The Bertz CT molecular complexity index is 820. The van der Waals surface area contributed by atoms with Gasteiger partial charge in [-0.1, -0.05) is 18.2 Å². The van der Waals surface area contributed by atoms with Crippen molar-refractivity contribution in [3.05, 3.63) is 36.0 Å². The van der Waals surface area contributed by atoms with Gasteiger partial charge in [-0.25, -0.2) is 8.42 Å². The average molecular weight is 333 g/mol. The third-order valence-electron chi connectivity index (χ3n) is 4.59. The van der Waals surface area contributed by atoms with E-state index in [4.69, 9.17) is 0 Å². The van der Waals surface area contributed by atoms with E-state index in [0.29, 0.717) is 10.4 Å². The molecule has 5 nitrogen and oxygen atoms in total. The van der Waals surface area contributed by atoms with E-state index >= 15 is 0 Å². The molecule has 0 amide bonds. The van der Waals surface area contributed by atoms with Crippen LogP contribution in [-0.2, 0) is 10.0 Å². The van der Waals surface area contributed by atoms with Crippen LogP contribution in [0.5, 0.6) is 0 Å². The first kappa shape index (κ1) is 16.4.